The molecule has 5 aromatic rings. The number of aromatic nitrogens is 5. The number of hydrogen-bond acceptors (Lipinski definition) is 5. The molecule has 3 N–H and O–H groups in total. The van der Waals surface area contributed by atoms with E-state index in [1.54, 1.807) is 18.6 Å². The van der Waals surface area contributed by atoms with Crippen LogP contribution < -0.4 is 5.73 Å². The number of para-hydroxylation sites is 1. The molecule has 0 radical (unpaired) electrons. The van der Waals surface area contributed by atoms with E-state index < -0.39 is 5.91 Å². The van der Waals surface area contributed by atoms with Crippen molar-refractivity contribution in [3.63, 3.8) is 0 Å². The van der Waals surface area contributed by atoms with Gasteiger partial charge in [0.1, 0.15) is 5.69 Å². The first kappa shape index (κ1) is 14.5. The van der Waals surface area contributed by atoms with Gasteiger partial charge in [0.2, 0.25) is 0 Å². The molecule has 0 fully saturated rings. The molecule has 0 saturated heterocycles. The SMILES string of the molecule is NC(=O)c1[nH]nc2ncc3c(-c4ccncc4)nc4ccccc4c1c23. The van der Waals surface area contributed by atoms with E-state index in [1.165, 1.54) is 0 Å². The van der Waals surface area contributed by atoms with Gasteiger partial charge in [-0.1, -0.05) is 18.2 Å². The van der Waals surface area contributed by atoms with Crippen molar-refractivity contribution >= 4 is 38.6 Å². The summed E-state index contributed by atoms with van der Waals surface area (Å²) in [6.07, 6.45) is 5.16. The van der Waals surface area contributed by atoms with Gasteiger partial charge in [0.05, 0.1) is 11.2 Å². The number of hydrogen-bond donors (Lipinski definition) is 2. The van der Waals surface area contributed by atoms with Crippen LogP contribution in [-0.2, 0) is 0 Å². The quantitative estimate of drug-likeness (QED) is 0.513. The predicted molar refractivity (Wildman–Crippen MR) is 98.4 cm³/mol. The Balaban J connectivity index is 2.12. The maximum atomic E-state index is 12.0. The number of carbonyl (C=O) groups excluding carboxylic acids is 1. The number of aromatic amines is 1. The second kappa shape index (κ2) is 5.32. The summed E-state index contributed by atoms with van der Waals surface area (Å²) in [6.45, 7) is 0. The fourth-order valence-corrected chi connectivity index (χ4v) is 3.32. The molecule has 0 aliphatic carbocycles. The molecule has 124 valence electrons. The van der Waals surface area contributed by atoms with Gasteiger partial charge in [0.25, 0.3) is 5.91 Å². The Morgan fingerprint density at radius 1 is 1.00 bits per heavy atom. The second-order valence-electron chi connectivity index (χ2n) is 5.92. The number of nitrogens with two attached hydrogens (primary N) is 1. The van der Waals surface area contributed by atoms with Gasteiger partial charge in [-0.25, -0.2) is 9.97 Å². The molecule has 7 heteroatoms. The van der Waals surface area contributed by atoms with Gasteiger partial charge in [-0.05, 0) is 18.2 Å². The first-order valence-corrected chi connectivity index (χ1v) is 8.00. The van der Waals surface area contributed by atoms with Crippen LogP contribution in [0.3, 0.4) is 0 Å². The summed E-state index contributed by atoms with van der Waals surface area (Å²) in [5, 5.41) is 10.0. The van der Waals surface area contributed by atoms with Crippen molar-refractivity contribution in [2.45, 2.75) is 0 Å². The predicted octanol–water partition coefficient (Wildman–Crippen LogP) is 2.82. The van der Waals surface area contributed by atoms with E-state index >= 15 is 0 Å². The van der Waals surface area contributed by atoms with E-state index in [-0.39, 0.29) is 5.69 Å². The summed E-state index contributed by atoms with van der Waals surface area (Å²) >= 11 is 0. The fraction of sp³-hybridized carbons (Fsp3) is 0. The molecule has 5 rings (SSSR count). The zero-order chi connectivity index (χ0) is 17.7. The Hall–Kier alpha value is -3.87. The van der Waals surface area contributed by atoms with Crippen molar-refractivity contribution in [2.24, 2.45) is 5.73 Å². The van der Waals surface area contributed by atoms with Crippen molar-refractivity contribution in [1.82, 2.24) is 25.1 Å². The molecule has 1 aromatic carbocycles. The third kappa shape index (κ3) is 1.97. The van der Waals surface area contributed by atoms with Gasteiger partial charge in [-0.2, -0.15) is 5.10 Å². The van der Waals surface area contributed by atoms with Crippen molar-refractivity contribution < 1.29 is 4.79 Å². The molecule has 0 unspecified atom stereocenters. The molecule has 7 nitrogen and oxygen atoms in total. The minimum absolute atomic E-state index is 0.241. The Morgan fingerprint density at radius 3 is 2.62 bits per heavy atom. The van der Waals surface area contributed by atoms with Gasteiger partial charge in [-0.15, -0.1) is 0 Å². The van der Waals surface area contributed by atoms with Crippen LogP contribution in [0.2, 0.25) is 0 Å². The highest BCUT2D eigenvalue weighted by Crippen LogP contribution is 2.35. The minimum atomic E-state index is -0.580. The summed E-state index contributed by atoms with van der Waals surface area (Å²) < 4.78 is 0. The third-order valence-corrected chi connectivity index (χ3v) is 4.44. The number of amides is 1. The van der Waals surface area contributed by atoms with Crippen LogP contribution in [0.1, 0.15) is 10.5 Å². The normalized spacial score (nSPS) is 11.4. The third-order valence-electron chi connectivity index (χ3n) is 4.44. The summed E-state index contributed by atoms with van der Waals surface area (Å²) in [6, 6.07) is 11.4. The van der Waals surface area contributed by atoms with Crippen LogP contribution in [0.4, 0.5) is 0 Å². The lowest BCUT2D eigenvalue weighted by Crippen LogP contribution is -2.14. The highest BCUT2D eigenvalue weighted by molar-refractivity contribution is 6.24. The summed E-state index contributed by atoms with van der Waals surface area (Å²) in [5.41, 5.74) is 8.77. The highest BCUT2D eigenvalue weighted by atomic mass is 16.1. The molecule has 0 atom stereocenters. The van der Waals surface area contributed by atoms with Crippen LogP contribution in [0.25, 0.3) is 44.0 Å². The molecule has 0 saturated carbocycles. The summed E-state index contributed by atoms with van der Waals surface area (Å²) in [7, 11) is 0. The topological polar surface area (TPSA) is 110 Å². The summed E-state index contributed by atoms with van der Waals surface area (Å²) in [4.78, 5) is 25.4. The van der Waals surface area contributed by atoms with E-state index in [0.717, 1.165) is 32.9 Å². The Kier molecular flexibility index (Phi) is 2.96. The van der Waals surface area contributed by atoms with Crippen molar-refractivity contribution in [3.05, 3.63) is 60.7 Å². The first-order chi connectivity index (χ1) is 12.7. The van der Waals surface area contributed by atoms with Crippen molar-refractivity contribution in [2.75, 3.05) is 0 Å². The van der Waals surface area contributed by atoms with Crippen LogP contribution >= 0.6 is 0 Å². The highest BCUT2D eigenvalue weighted by Gasteiger charge is 2.19. The van der Waals surface area contributed by atoms with Crippen molar-refractivity contribution in [3.8, 4) is 11.3 Å². The lowest BCUT2D eigenvalue weighted by molar-refractivity contribution is 0.0996. The zero-order valence-corrected chi connectivity index (χ0v) is 13.5. The van der Waals surface area contributed by atoms with Crippen LogP contribution in [0, 0.1) is 0 Å². The molecule has 0 aliphatic rings. The number of nitrogens with zero attached hydrogens (tertiary/aromatic N) is 4. The van der Waals surface area contributed by atoms with Crippen LogP contribution in [0.5, 0.6) is 0 Å². The number of primary amides is 1. The number of carbonyl (C=O) groups is 1. The Bertz CT molecular complexity index is 1310. The molecule has 26 heavy (non-hydrogen) atoms. The van der Waals surface area contributed by atoms with Gasteiger partial charge in [-0.3, -0.25) is 14.9 Å². The monoisotopic (exact) mass is 340 g/mol. The van der Waals surface area contributed by atoms with Gasteiger partial charge < -0.3 is 5.73 Å². The van der Waals surface area contributed by atoms with Crippen LogP contribution in [0.15, 0.2) is 55.0 Å². The molecule has 0 aliphatic heterocycles. The zero-order valence-electron chi connectivity index (χ0n) is 13.5. The maximum Gasteiger partial charge on any atom is 0.267 e. The molecule has 0 bridgehead atoms. The van der Waals surface area contributed by atoms with E-state index in [1.807, 2.05) is 36.4 Å². The molecule has 0 spiro atoms. The van der Waals surface area contributed by atoms with E-state index in [9.17, 15) is 4.79 Å². The average molecular weight is 340 g/mol. The van der Waals surface area contributed by atoms with Crippen molar-refractivity contribution in [1.29, 1.82) is 0 Å². The van der Waals surface area contributed by atoms with Crippen LogP contribution in [-0.4, -0.2) is 31.1 Å². The summed E-state index contributed by atoms with van der Waals surface area (Å²) in [5.74, 6) is -0.580. The number of fused-ring (bicyclic) bond motifs is 2. The minimum Gasteiger partial charge on any atom is -0.364 e. The number of pyridine rings is 1. The molecular formula is C19H12N6O. The second-order valence-corrected chi connectivity index (χ2v) is 5.92. The number of benzene rings is 1. The lowest BCUT2D eigenvalue weighted by Gasteiger charge is -2.03. The number of rotatable bonds is 2. The molecular weight excluding hydrogens is 328 g/mol. The van der Waals surface area contributed by atoms with Gasteiger partial charge >= 0.3 is 0 Å². The van der Waals surface area contributed by atoms with Gasteiger partial charge in [0, 0.05) is 45.7 Å². The molecule has 1 amide bonds. The maximum absolute atomic E-state index is 12.0. The number of H-pyrrole nitrogens is 1. The van der Waals surface area contributed by atoms with E-state index in [0.29, 0.717) is 11.0 Å². The van der Waals surface area contributed by atoms with Gasteiger partial charge in [0.15, 0.2) is 5.65 Å². The first-order valence-electron chi connectivity index (χ1n) is 8.00. The Morgan fingerprint density at radius 2 is 1.81 bits per heavy atom. The average Bonchev–Trinajstić information content (AvgIpc) is 3.03. The van der Waals surface area contributed by atoms with E-state index in [4.69, 9.17) is 10.7 Å². The molecule has 4 heterocycles. The fourth-order valence-electron chi connectivity index (χ4n) is 3.32. The standard InChI is InChI=1S/C19H12N6O/c20-18(26)17-14-11-3-1-2-4-13(11)23-16(10-5-7-21-8-6-10)12-9-22-19(15(12)14)25-24-17/h1-9,24H,(H2,20,26). The Labute approximate surface area is 146 Å². The largest absolute Gasteiger partial charge is 0.364 e. The van der Waals surface area contributed by atoms with E-state index in [2.05, 4.69) is 20.2 Å². The molecule has 4 aromatic heterocycles. The smallest absolute Gasteiger partial charge is 0.267 e. The lowest BCUT2D eigenvalue weighted by atomic mass is 10.0. The number of nitrogens with one attached hydrogen (secondary N) is 1.